The molecule has 0 saturated heterocycles. The zero-order chi connectivity index (χ0) is 12.2. The quantitative estimate of drug-likeness (QED) is 0.396. The minimum Gasteiger partial charge on any atom is -0.696 e. The van der Waals surface area contributed by atoms with Crippen molar-refractivity contribution < 1.29 is 4.86 Å². The predicted octanol–water partition coefficient (Wildman–Crippen LogP) is 3.82. The Kier molecular flexibility index (Phi) is 4.65. The van der Waals surface area contributed by atoms with Crippen molar-refractivity contribution in [2.75, 3.05) is 12.0 Å². The number of hydrogen-bond donors (Lipinski definition) is 1. The summed E-state index contributed by atoms with van der Waals surface area (Å²) >= 11 is 17.2. The van der Waals surface area contributed by atoms with Crippen molar-refractivity contribution in [3.05, 3.63) is 35.0 Å². The summed E-state index contributed by atoms with van der Waals surface area (Å²) in [7, 11) is 0. The normalized spacial score (nSPS) is 12.6. The molecular weight excluding hydrogens is 272 g/mol. The van der Waals surface area contributed by atoms with E-state index < -0.39 is 3.79 Å². The zero-order valence-corrected chi connectivity index (χ0v) is 10.7. The third kappa shape index (κ3) is 4.04. The summed E-state index contributed by atoms with van der Waals surface area (Å²) in [5.74, 6) is 0. The molecule has 0 heterocycles. The number of nitrogens with one attached hydrogen (secondary N) is 1. The molecule has 0 aliphatic rings. The van der Waals surface area contributed by atoms with E-state index in [1.54, 1.807) is 31.2 Å². The fourth-order valence-electron chi connectivity index (χ4n) is 0.949. The molecule has 16 heavy (non-hydrogen) atoms. The molecule has 0 radical (unpaired) electrons. The van der Waals surface area contributed by atoms with Crippen molar-refractivity contribution >= 4 is 40.5 Å². The largest absolute Gasteiger partial charge is 0.696 e. The highest BCUT2D eigenvalue weighted by molar-refractivity contribution is 6.66. The number of anilines is 1. The lowest BCUT2D eigenvalue weighted by Gasteiger charge is -2.10. The summed E-state index contributed by atoms with van der Waals surface area (Å²) < 4.78 is -1.49. The molecule has 0 bridgehead atoms. The van der Waals surface area contributed by atoms with E-state index in [2.05, 4.69) is 10.6 Å². The van der Waals surface area contributed by atoms with Crippen molar-refractivity contribution in [1.29, 1.82) is 0 Å². The van der Waals surface area contributed by atoms with E-state index in [0.717, 1.165) is 0 Å². The van der Waals surface area contributed by atoms with E-state index in [4.69, 9.17) is 34.8 Å². The van der Waals surface area contributed by atoms with Crippen LogP contribution in [-0.2, 0) is 3.79 Å². The first-order valence-corrected chi connectivity index (χ1v) is 5.65. The number of benzene rings is 1. The third-order valence-electron chi connectivity index (χ3n) is 1.75. The summed E-state index contributed by atoms with van der Waals surface area (Å²) in [6.07, 6.45) is 0. The van der Waals surface area contributed by atoms with Gasteiger partial charge in [0.05, 0.1) is 5.22 Å². The van der Waals surface area contributed by atoms with Crippen LogP contribution < -0.4 is 5.43 Å². The van der Waals surface area contributed by atoms with Crippen molar-refractivity contribution in [2.24, 2.45) is 5.22 Å². The second-order valence-corrected chi connectivity index (χ2v) is 5.24. The van der Waals surface area contributed by atoms with Crippen LogP contribution in [0.15, 0.2) is 29.5 Å². The molecule has 1 aromatic carbocycles. The first-order valence-electron chi connectivity index (χ1n) is 4.52. The molecular formula is C9H10Cl3N3O. The number of hydroxylamine groups is 1. The van der Waals surface area contributed by atoms with Gasteiger partial charge in [-0.05, 0) is 19.1 Å². The van der Waals surface area contributed by atoms with Crippen molar-refractivity contribution in [1.82, 2.24) is 0 Å². The molecule has 0 aromatic heterocycles. The van der Waals surface area contributed by atoms with Crippen LogP contribution in [0.25, 0.3) is 0 Å². The molecule has 0 saturated carbocycles. The van der Waals surface area contributed by atoms with Gasteiger partial charge in [0.25, 0.3) is 0 Å². The topological polar surface area (TPSA) is 50.5 Å². The first kappa shape index (κ1) is 13.4. The average Bonchev–Trinajstić information content (AvgIpc) is 2.25. The van der Waals surface area contributed by atoms with Crippen LogP contribution in [0.5, 0.6) is 0 Å². The highest BCUT2D eigenvalue weighted by Gasteiger charge is 2.23. The molecule has 0 spiro atoms. The SMILES string of the molecule is CC[N+]([O-])=NNc1cccc(C(Cl)(Cl)Cl)c1. The average molecular weight is 283 g/mol. The Labute approximate surface area is 108 Å². The Morgan fingerprint density at radius 3 is 2.69 bits per heavy atom. The van der Waals surface area contributed by atoms with E-state index in [-0.39, 0.29) is 6.54 Å². The van der Waals surface area contributed by atoms with E-state index in [1.165, 1.54) is 0 Å². The molecule has 1 N–H and O–H groups in total. The summed E-state index contributed by atoms with van der Waals surface area (Å²) in [6, 6.07) is 6.70. The number of alkyl halides is 3. The van der Waals surface area contributed by atoms with Crippen LogP contribution >= 0.6 is 34.8 Å². The first-order chi connectivity index (χ1) is 7.43. The minimum absolute atomic E-state index is 0.261. The maximum Gasteiger partial charge on any atom is 0.216 e. The maximum atomic E-state index is 10.9. The van der Waals surface area contributed by atoms with Gasteiger partial charge in [0.1, 0.15) is 12.2 Å². The Morgan fingerprint density at radius 1 is 1.44 bits per heavy atom. The van der Waals surface area contributed by atoms with Gasteiger partial charge in [-0.15, -0.1) is 5.43 Å². The van der Waals surface area contributed by atoms with Crippen LogP contribution in [0.2, 0.25) is 0 Å². The van der Waals surface area contributed by atoms with Gasteiger partial charge < -0.3 is 5.21 Å². The van der Waals surface area contributed by atoms with E-state index >= 15 is 0 Å². The van der Waals surface area contributed by atoms with Crippen LogP contribution in [0.3, 0.4) is 0 Å². The van der Waals surface area contributed by atoms with Gasteiger partial charge in [0.2, 0.25) is 3.79 Å². The molecule has 0 aliphatic carbocycles. The van der Waals surface area contributed by atoms with Gasteiger partial charge in [0, 0.05) is 5.56 Å². The van der Waals surface area contributed by atoms with Gasteiger partial charge in [-0.25, -0.2) is 0 Å². The molecule has 1 aromatic rings. The third-order valence-corrected chi connectivity index (χ3v) is 2.41. The van der Waals surface area contributed by atoms with Crippen molar-refractivity contribution in [3.63, 3.8) is 0 Å². The van der Waals surface area contributed by atoms with Gasteiger partial charge in [-0.2, -0.15) is 4.86 Å². The van der Waals surface area contributed by atoms with Gasteiger partial charge in [-0.3, -0.25) is 0 Å². The molecule has 88 valence electrons. The molecule has 0 aliphatic heterocycles. The van der Waals surface area contributed by atoms with Crippen LogP contribution in [0.4, 0.5) is 5.69 Å². The van der Waals surface area contributed by atoms with Crippen molar-refractivity contribution in [3.8, 4) is 0 Å². The molecule has 0 fully saturated rings. The van der Waals surface area contributed by atoms with Crippen LogP contribution in [0, 0.1) is 5.21 Å². The second kappa shape index (κ2) is 5.57. The summed E-state index contributed by atoms with van der Waals surface area (Å²) in [5, 5.41) is 14.4. The highest BCUT2D eigenvalue weighted by atomic mass is 35.6. The summed E-state index contributed by atoms with van der Waals surface area (Å²) in [6.45, 7) is 1.95. The molecule has 0 atom stereocenters. The molecule has 7 heteroatoms. The van der Waals surface area contributed by atoms with E-state index in [1.807, 2.05) is 0 Å². The van der Waals surface area contributed by atoms with Gasteiger partial charge >= 0.3 is 0 Å². The lowest BCUT2D eigenvalue weighted by molar-refractivity contribution is -0.524. The van der Waals surface area contributed by atoms with Crippen LogP contribution in [0.1, 0.15) is 12.5 Å². The molecule has 1 rings (SSSR count). The second-order valence-electron chi connectivity index (χ2n) is 2.96. The summed E-state index contributed by atoms with van der Waals surface area (Å²) in [4.78, 5) is 0.516. The zero-order valence-electron chi connectivity index (χ0n) is 8.45. The van der Waals surface area contributed by atoms with Gasteiger partial charge in [0.15, 0.2) is 0 Å². The molecule has 0 unspecified atom stereocenters. The molecule has 0 amide bonds. The molecule has 4 nitrogen and oxygen atoms in total. The monoisotopic (exact) mass is 281 g/mol. The van der Waals surface area contributed by atoms with Gasteiger partial charge in [-0.1, -0.05) is 46.9 Å². The number of hydrogen-bond acceptors (Lipinski definition) is 2. The maximum absolute atomic E-state index is 10.9. The summed E-state index contributed by atoms with van der Waals surface area (Å²) in [5.41, 5.74) is 3.66. The predicted molar refractivity (Wildman–Crippen MR) is 65.9 cm³/mol. The Bertz CT molecular complexity index is 390. The minimum atomic E-state index is -1.49. The Hall–Kier alpha value is -0.710. The Morgan fingerprint density at radius 2 is 2.12 bits per heavy atom. The number of nitrogens with zero attached hydrogens (tertiary/aromatic N) is 2. The number of halogens is 3. The van der Waals surface area contributed by atoms with Crippen LogP contribution in [-0.4, -0.2) is 11.4 Å². The Balaban J connectivity index is 2.84. The van der Waals surface area contributed by atoms with E-state index in [0.29, 0.717) is 16.1 Å². The lowest BCUT2D eigenvalue weighted by Crippen LogP contribution is -2.04. The smallest absolute Gasteiger partial charge is 0.216 e. The highest BCUT2D eigenvalue weighted by Crippen LogP contribution is 2.38. The lowest BCUT2D eigenvalue weighted by atomic mass is 10.2. The fraction of sp³-hybridized carbons (Fsp3) is 0.333. The standard InChI is InChI=1S/C9H10Cl3N3O/c1-2-15(16)14-13-8-5-3-4-7(6-8)9(10,11)12/h3-6,13H,2H2,1H3. The van der Waals surface area contributed by atoms with Crippen molar-refractivity contribution in [2.45, 2.75) is 10.7 Å². The van der Waals surface area contributed by atoms with E-state index in [9.17, 15) is 5.21 Å². The fourth-order valence-corrected chi connectivity index (χ4v) is 1.30. The number of rotatable bonds is 3.